The molecule has 1 aromatic carbocycles. The number of nitrogens with one attached hydrogen (secondary N) is 2. The Kier molecular flexibility index (Phi) is 6.63. The van der Waals surface area contributed by atoms with E-state index in [1.54, 1.807) is 37.8 Å². The van der Waals surface area contributed by atoms with Crippen LogP contribution in [0.25, 0.3) is 0 Å². The van der Waals surface area contributed by atoms with Gasteiger partial charge in [-0.15, -0.1) is 0 Å². The standard InChI is InChI=1S/C23H26N8O2S/c1-31-9-8-18-15(14-31)10-17(11-19(18)33-2)26-23-25-13-16(12-24)22(29-23)28-20-6-5-7-21(27-20)30-34(3,4)32/h5-7,10-11,13H,8-9,14H2,1-4H3,(H2,25,26,27,28,29). The molecule has 0 aliphatic carbocycles. The molecule has 0 bridgehead atoms. The molecular weight excluding hydrogens is 452 g/mol. The molecule has 0 atom stereocenters. The summed E-state index contributed by atoms with van der Waals surface area (Å²) < 4.78 is 21.7. The number of likely N-dealkylation sites (N-methyl/N-ethyl adjacent to an activating group) is 1. The fourth-order valence-electron chi connectivity index (χ4n) is 3.69. The number of ether oxygens (including phenoxy) is 1. The SMILES string of the molecule is COc1cc(Nc2ncc(C#N)c(Nc3cccc(N=S(C)(C)=O)n3)n2)cc2c1CCN(C)C2. The number of aromatic nitrogens is 3. The minimum atomic E-state index is -2.35. The third-order valence-corrected chi connectivity index (χ3v) is 5.79. The molecule has 0 spiro atoms. The molecule has 34 heavy (non-hydrogen) atoms. The van der Waals surface area contributed by atoms with E-state index in [4.69, 9.17) is 4.74 Å². The topological polar surface area (TPSA) is 128 Å². The number of benzene rings is 1. The number of hydrogen-bond acceptors (Lipinski definition) is 10. The van der Waals surface area contributed by atoms with Gasteiger partial charge in [-0.1, -0.05) is 6.07 Å². The summed E-state index contributed by atoms with van der Waals surface area (Å²) in [6, 6.07) is 11.2. The van der Waals surface area contributed by atoms with E-state index < -0.39 is 9.73 Å². The molecular formula is C23H26N8O2S. The van der Waals surface area contributed by atoms with Crippen LogP contribution in [0.15, 0.2) is 40.9 Å². The maximum absolute atomic E-state index is 12.0. The lowest BCUT2D eigenvalue weighted by atomic mass is 9.98. The molecule has 10 nitrogen and oxygen atoms in total. The number of methoxy groups -OCH3 is 1. The van der Waals surface area contributed by atoms with E-state index >= 15 is 0 Å². The second-order valence-corrected chi connectivity index (χ2v) is 10.8. The van der Waals surface area contributed by atoms with Gasteiger partial charge in [-0.3, -0.25) is 0 Å². The molecule has 2 aromatic heterocycles. The van der Waals surface area contributed by atoms with Crippen LogP contribution in [-0.2, 0) is 22.7 Å². The lowest BCUT2D eigenvalue weighted by Gasteiger charge is -2.27. The first-order chi connectivity index (χ1) is 16.2. The van der Waals surface area contributed by atoms with E-state index in [0.717, 1.165) is 30.9 Å². The monoisotopic (exact) mass is 478 g/mol. The fraction of sp³-hybridized carbons (Fsp3) is 0.304. The Hall–Kier alpha value is -3.75. The Morgan fingerprint density at radius 3 is 2.79 bits per heavy atom. The van der Waals surface area contributed by atoms with Gasteiger partial charge in [-0.25, -0.2) is 14.2 Å². The summed E-state index contributed by atoms with van der Waals surface area (Å²) in [7, 11) is 1.40. The van der Waals surface area contributed by atoms with Crippen LogP contribution >= 0.6 is 0 Å². The number of hydrogen-bond donors (Lipinski definition) is 2. The van der Waals surface area contributed by atoms with E-state index in [-0.39, 0.29) is 5.56 Å². The molecule has 1 aliphatic rings. The van der Waals surface area contributed by atoms with Gasteiger partial charge in [-0.05, 0) is 37.2 Å². The highest BCUT2D eigenvalue weighted by Crippen LogP contribution is 2.32. The number of nitriles is 1. The highest BCUT2D eigenvalue weighted by Gasteiger charge is 2.19. The molecule has 1 aliphatic heterocycles. The molecule has 0 radical (unpaired) electrons. The van der Waals surface area contributed by atoms with Gasteiger partial charge in [0.05, 0.1) is 13.3 Å². The van der Waals surface area contributed by atoms with E-state index in [9.17, 15) is 9.47 Å². The van der Waals surface area contributed by atoms with Crippen LogP contribution in [0.2, 0.25) is 0 Å². The van der Waals surface area contributed by atoms with Crippen LogP contribution in [0, 0.1) is 11.3 Å². The Morgan fingerprint density at radius 2 is 2.06 bits per heavy atom. The predicted octanol–water partition coefficient (Wildman–Crippen LogP) is 3.59. The summed E-state index contributed by atoms with van der Waals surface area (Å²) in [5.74, 6) is 2.19. The largest absolute Gasteiger partial charge is 0.496 e. The Labute approximate surface area is 199 Å². The quantitative estimate of drug-likeness (QED) is 0.546. The molecule has 3 aromatic rings. The maximum Gasteiger partial charge on any atom is 0.229 e. The van der Waals surface area contributed by atoms with Crippen molar-refractivity contribution in [3.63, 3.8) is 0 Å². The van der Waals surface area contributed by atoms with Gasteiger partial charge in [0.1, 0.15) is 23.2 Å². The van der Waals surface area contributed by atoms with Crippen molar-refractivity contribution in [1.29, 1.82) is 5.26 Å². The van der Waals surface area contributed by atoms with Gasteiger partial charge in [0.25, 0.3) is 0 Å². The zero-order chi connectivity index (χ0) is 24.3. The van der Waals surface area contributed by atoms with Crippen LogP contribution in [-0.4, -0.2) is 57.3 Å². The van der Waals surface area contributed by atoms with Crippen molar-refractivity contribution in [1.82, 2.24) is 19.9 Å². The number of pyridine rings is 1. The first kappa shape index (κ1) is 23.4. The van der Waals surface area contributed by atoms with Gasteiger partial charge in [0.15, 0.2) is 11.6 Å². The summed E-state index contributed by atoms with van der Waals surface area (Å²) in [5, 5.41) is 15.8. The smallest absolute Gasteiger partial charge is 0.229 e. The normalized spacial score (nSPS) is 13.5. The van der Waals surface area contributed by atoms with Gasteiger partial charge in [-0.2, -0.15) is 14.6 Å². The molecule has 0 saturated carbocycles. The van der Waals surface area contributed by atoms with Gasteiger partial charge in [0, 0.05) is 52.6 Å². The van der Waals surface area contributed by atoms with Crippen molar-refractivity contribution >= 4 is 38.8 Å². The summed E-state index contributed by atoms with van der Waals surface area (Å²) in [6.07, 6.45) is 5.46. The van der Waals surface area contributed by atoms with Crippen LogP contribution in [0.5, 0.6) is 5.75 Å². The van der Waals surface area contributed by atoms with Crippen molar-refractivity contribution in [3.05, 3.63) is 53.2 Å². The second kappa shape index (κ2) is 9.62. The summed E-state index contributed by atoms with van der Waals surface area (Å²) >= 11 is 0. The first-order valence-electron chi connectivity index (χ1n) is 10.6. The van der Waals surface area contributed by atoms with Crippen molar-refractivity contribution in [3.8, 4) is 11.8 Å². The van der Waals surface area contributed by atoms with Crippen LogP contribution < -0.4 is 15.4 Å². The highest BCUT2D eigenvalue weighted by molar-refractivity contribution is 7.92. The molecule has 0 fully saturated rings. The van der Waals surface area contributed by atoms with E-state index in [1.807, 2.05) is 6.07 Å². The molecule has 3 heterocycles. The Bertz CT molecular complexity index is 1380. The Morgan fingerprint density at radius 1 is 1.24 bits per heavy atom. The molecule has 176 valence electrons. The van der Waals surface area contributed by atoms with Crippen molar-refractivity contribution < 1.29 is 8.95 Å². The number of anilines is 4. The highest BCUT2D eigenvalue weighted by atomic mass is 32.2. The van der Waals surface area contributed by atoms with E-state index in [0.29, 0.717) is 23.4 Å². The molecule has 11 heteroatoms. The molecule has 0 saturated heterocycles. The summed E-state index contributed by atoms with van der Waals surface area (Å²) in [4.78, 5) is 15.4. The van der Waals surface area contributed by atoms with Crippen molar-refractivity contribution in [2.75, 3.05) is 43.8 Å². The fourth-order valence-corrected chi connectivity index (χ4v) is 4.25. The van der Waals surface area contributed by atoms with Gasteiger partial charge in [0.2, 0.25) is 5.95 Å². The average Bonchev–Trinajstić information content (AvgIpc) is 2.77. The zero-order valence-electron chi connectivity index (χ0n) is 19.5. The summed E-state index contributed by atoms with van der Waals surface area (Å²) in [6.45, 7) is 1.82. The number of fused-ring (bicyclic) bond motifs is 1. The minimum Gasteiger partial charge on any atom is -0.496 e. The van der Waals surface area contributed by atoms with Crippen LogP contribution in [0.1, 0.15) is 16.7 Å². The molecule has 2 N–H and O–H groups in total. The van der Waals surface area contributed by atoms with E-state index in [1.165, 1.54) is 17.3 Å². The van der Waals surface area contributed by atoms with Crippen molar-refractivity contribution in [2.24, 2.45) is 4.36 Å². The Balaban J connectivity index is 1.63. The van der Waals surface area contributed by atoms with E-state index in [2.05, 4.69) is 54.0 Å². The lowest BCUT2D eigenvalue weighted by molar-refractivity contribution is 0.306. The third-order valence-electron chi connectivity index (χ3n) is 5.16. The average molecular weight is 479 g/mol. The van der Waals surface area contributed by atoms with Crippen LogP contribution in [0.3, 0.4) is 0 Å². The zero-order valence-corrected chi connectivity index (χ0v) is 20.3. The molecule has 4 rings (SSSR count). The first-order valence-corrected chi connectivity index (χ1v) is 12.9. The van der Waals surface area contributed by atoms with Gasteiger partial charge < -0.3 is 20.3 Å². The number of nitrogens with zero attached hydrogens (tertiary/aromatic N) is 6. The lowest BCUT2D eigenvalue weighted by Crippen LogP contribution is -2.27. The minimum absolute atomic E-state index is 0.258. The maximum atomic E-state index is 12.0. The van der Waals surface area contributed by atoms with Crippen LogP contribution in [0.4, 0.5) is 29.1 Å². The number of rotatable bonds is 6. The van der Waals surface area contributed by atoms with Gasteiger partial charge >= 0.3 is 0 Å². The summed E-state index contributed by atoms with van der Waals surface area (Å²) in [5.41, 5.74) is 3.46. The second-order valence-electron chi connectivity index (χ2n) is 8.28. The molecule has 0 unspecified atom stereocenters. The third kappa shape index (κ3) is 5.59. The molecule has 0 amide bonds. The predicted molar refractivity (Wildman–Crippen MR) is 133 cm³/mol. The van der Waals surface area contributed by atoms with Crippen molar-refractivity contribution in [2.45, 2.75) is 13.0 Å².